The van der Waals surface area contributed by atoms with Crippen molar-refractivity contribution in [2.45, 2.75) is 6.42 Å². The van der Waals surface area contributed by atoms with Crippen molar-refractivity contribution in [3.8, 4) is 0 Å². The normalized spacial score (nSPS) is 16.2. The molecule has 0 radical (unpaired) electrons. The van der Waals surface area contributed by atoms with Crippen LogP contribution in [0, 0.1) is 5.92 Å². The maximum Gasteiger partial charge on any atom is 0.311 e. The van der Waals surface area contributed by atoms with Crippen LogP contribution in [0.1, 0.15) is 6.42 Å². The van der Waals surface area contributed by atoms with Gasteiger partial charge in [0.05, 0.1) is 16.6 Å². The van der Waals surface area contributed by atoms with Gasteiger partial charge in [-0.25, -0.2) is 0 Å². The second kappa shape index (κ2) is 8.82. The Bertz CT molecular complexity index is 918. The fourth-order valence-electron chi connectivity index (χ4n) is 2.77. The lowest BCUT2D eigenvalue weighted by Crippen LogP contribution is -2.28. The van der Waals surface area contributed by atoms with Gasteiger partial charge in [-0.15, -0.1) is 0 Å². The van der Waals surface area contributed by atoms with Crippen molar-refractivity contribution >= 4 is 64.0 Å². The van der Waals surface area contributed by atoms with Crippen LogP contribution in [0.3, 0.4) is 0 Å². The second-order valence-corrected chi connectivity index (χ2v) is 7.44. The molecule has 0 aliphatic carbocycles. The first kappa shape index (κ1) is 20.5. The molecule has 28 heavy (non-hydrogen) atoms. The summed E-state index contributed by atoms with van der Waals surface area (Å²) in [6, 6.07) is 11.4. The van der Waals surface area contributed by atoms with Crippen LogP contribution in [0.25, 0.3) is 0 Å². The summed E-state index contributed by atoms with van der Waals surface area (Å²) in [7, 11) is 0. The lowest BCUT2D eigenvalue weighted by molar-refractivity contribution is -0.151. The standard InChI is InChI=1S/C19H15Cl3N2O4/c20-12-1-4-14(5-2-12)24-9-11(7-18(24)26)19(27)28-10-17(25)23-16-6-3-13(21)8-15(16)22/h1-6,8,11H,7,9-10H2,(H,23,25)/t11-/m0/s1. The van der Waals surface area contributed by atoms with E-state index >= 15 is 0 Å². The molecule has 1 N–H and O–H groups in total. The molecule has 2 aromatic carbocycles. The SMILES string of the molecule is O=C(COC(=O)[C@H]1CC(=O)N(c2ccc(Cl)cc2)C1)Nc1ccc(Cl)cc1Cl. The van der Waals surface area contributed by atoms with Crippen molar-refractivity contribution in [1.82, 2.24) is 0 Å². The average Bonchev–Trinajstić information content (AvgIpc) is 3.04. The Morgan fingerprint density at radius 3 is 2.43 bits per heavy atom. The molecule has 1 aliphatic rings. The van der Waals surface area contributed by atoms with Crippen LogP contribution in [0.4, 0.5) is 11.4 Å². The van der Waals surface area contributed by atoms with Crippen molar-refractivity contribution in [1.29, 1.82) is 0 Å². The number of hydrogen-bond donors (Lipinski definition) is 1. The smallest absolute Gasteiger partial charge is 0.311 e. The summed E-state index contributed by atoms with van der Waals surface area (Å²) in [6.45, 7) is -0.298. The van der Waals surface area contributed by atoms with Crippen molar-refractivity contribution < 1.29 is 19.1 Å². The number of nitrogens with one attached hydrogen (secondary N) is 1. The summed E-state index contributed by atoms with van der Waals surface area (Å²) in [6.07, 6.45) is 0.0199. The van der Waals surface area contributed by atoms with E-state index in [0.29, 0.717) is 21.4 Å². The van der Waals surface area contributed by atoms with E-state index in [9.17, 15) is 14.4 Å². The molecule has 6 nitrogen and oxygen atoms in total. The van der Waals surface area contributed by atoms with Gasteiger partial charge in [0.15, 0.2) is 6.61 Å². The molecule has 0 aromatic heterocycles. The number of rotatable bonds is 5. The summed E-state index contributed by atoms with van der Waals surface area (Å²) >= 11 is 17.6. The fourth-order valence-corrected chi connectivity index (χ4v) is 3.35. The molecule has 9 heteroatoms. The molecule has 146 valence electrons. The molecule has 0 bridgehead atoms. The Labute approximate surface area is 176 Å². The third kappa shape index (κ3) is 4.95. The summed E-state index contributed by atoms with van der Waals surface area (Å²) in [5.74, 6) is -1.99. The van der Waals surface area contributed by atoms with Crippen LogP contribution in [-0.4, -0.2) is 30.9 Å². The molecule has 1 atom stereocenters. The Morgan fingerprint density at radius 1 is 1.07 bits per heavy atom. The lowest BCUT2D eigenvalue weighted by atomic mass is 10.1. The molecule has 1 aliphatic heterocycles. The highest BCUT2D eigenvalue weighted by Gasteiger charge is 2.36. The number of hydrogen-bond acceptors (Lipinski definition) is 4. The molecule has 1 saturated heterocycles. The van der Waals surface area contributed by atoms with Crippen LogP contribution < -0.4 is 10.2 Å². The number of carbonyl (C=O) groups excluding carboxylic acids is 3. The van der Waals surface area contributed by atoms with E-state index in [1.54, 1.807) is 36.4 Å². The predicted molar refractivity (Wildman–Crippen MR) is 108 cm³/mol. The van der Waals surface area contributed by atoms with Gasteiger partial charge in [-0.2, -0.15) is 0 Å². The zero-order chi connectivity index (χ0) is 20.3. The van der Waals surface area contributed by atoms with Gasteiger partial charge in [-0.1, -0.05) is 34.8 Å². The highest BCUT2D eigenvalue weighted by molar-refractivity contribution is 6.36. The number of amides is 2. The molecule has 2 aromatic rings. The first-order chi connectivity index (χ1) is 13.3. The minimum absolute atomic E-state index is 0.0199. The van der Waals surface area contributed by atoms with Crippen molar-refractivity contribution in [3.63, 3.8) is 0 Å². The third-order valence-corrected chi connectivity index (χ3v) is 4.95. The number of halogens is 3. The molecule has 0 unspecified atom stereocenters. The Hall–Kier alpha value is -2.28. The van der Waals surface area contributed by atoms with E-state index in [0.717, 1.165) is 0 Å². The first-order valence-corrected chi connectivity index (χ1v) is 9.44. The van der Waals surface area contributed by atoms with E-state index in [1.165, 1.54) is 11.0 Å². The summed E-state index contributed by atoms with van der Waals surface area (Å²) in [5, 5.41) is 3.80. The zero-order valence-electron chi connectivity index (χ0n) is 14.5. The number of anilines is 2. The number of carbonyl (C=O) groups is 3. The topological polar surface area (TPSA) is 75.7 Å². The lowest BCUT2D eigenvalue weighted by Gasteiger charge is -2.16. The fraction of sp³-hybridized carbons (Fsp3) is 0.211. The van der Waals surface area contributed by atoms with E-state index in [4.69, 9.17) is 39.5 Å². The number of ether oxygens (including phenoxy) is 1. The van der Waals surface area contributed by atoms with Crippen LogP contribution in [-0.2, 0) is 19.1 Å². The Morgan fingerprint density at radius 2 is 1.75 bits per heavy atom. The summed E-state index contributed by atoms with van der Waals surface area (Å²) in [4.78, 5) is 37.9. The van der Waals surface area contributed by atoms with E-state index < -0.39 is 24.4 Å². The van der Waals surface area contributed by atoms with E-state index in [-0.39, 0.29) is 23.9 Å². The molecule has 1 heterocycles. The largest absolute Gasteiger partial charge is 0.455 e. The molecule has 3 rings (SSSR count). The van der Waals surface area contributed by atoms with Gasteiger partial charge in [0, 0.05) is 28.7 Å². The number of benzene rings is 2. The maximum absolute atomic E-state index is 12.2. The van der Waals surface area contributed by atoms with E-state index in [1.807, 2.05) is 0 Å². The third-order valence-electron chi connectivity index (χ3n) is 4.15. The number of esters is 1. The van der Waals surface area contributed by atoms with Crippen LogP contribution in [0.15, 0.2) is 42.5 Å². The molecule has 1 fully saturated rings. The van der Waals surface area contributed by atoms with Crippen LogP contribution >= 0.6 is 34.8 Å². The monoisotopic (exact) mass is 440 g/mol. The Balaban J connectivity index is 1.53. The van der Waals surface area contributed by atoms with Crippen molar-refractivity contribution in [2.75, 3.05) is 23.4 Å². The quantitative estimate of drug-likeness (QED) is 0.706. The predicted octanol–water partition coefficient (Wildman–Crippen LogP) is 4.18. The molecule has 2 amide bonds. The highest BCUT2D eigenvalue weighted by Crippen LogP contribution is 2.27. The maximum atomic E-state index is 12.2. The van der Waals surface area contributed by atoms with Crippen LogP contribution in [0.5, 0.6) is 0 Å². The van der Waals surface area contributed by atoms with Crippen molar-refractivity contribution in [3.05, 3.63) is 57.5 Å². The first-order valence-electron chi connectivity index (χ1n) is 8.31. The average molecular weight is 442 g/mol. The van der Waals surface area contributed by atoms with Gasteiger partial charge in [-0.05, 0) is 42.5 Å². The van der Waals surface area contributed by atoms with Gasteiger partial charge < -0.3 is 15.0 Å². The number of nitrogens with zero attached hydrogens (tertiary/aromatic N) is 1. The van der Waals surface area contributed by atoms with Gasteiger partial charge in [0.25, 0.3) is 5.91 Å². The van der Waals surface area contributed by atoms with Crippen LogP contribution in [0.2, 0.25) is 15.1 Å². The second-order valence-electron chi connectivity index (χ2n) is 6.16. The summed E-state index contributed by atoms with van der Waals surface area (Å²) < 4.78 is 5.06. The molecule has 0 spiro atoms. The molecular formula is C19H15Cl3N2O4. The zero-order valence-corrected chi connectivity index (χ0v) is 16.7. The van der Waals surface area contributed by atoms with Gasteiger partial charge in [-0.3, -0.25) is 14.4 Å². The van der Waals surface area contributed by atoms with Gasteiger partial charge in [0.2, 0.25) is 5.91 Å². The van der Waals surface area contributed by atoms with Gasteiger partial charge >= 0.3 is 5.97 Å². The minimum atomic E-state index is -0.643. The molecule has 0 saturated carbocycles. The summed E-state index contributed by atoms with van der Waals surface area (Å²) in [5.41, 5.74) is 1.01. The minimum Gasteiger partial charge on any atom is -0.455 e. The molecular weight excluding hydrogens is 427 g/mol. The van der Waals surface area contributed by atoms with E-state index in [2.05, 4.69) is 5.32 Å². The highest BCUT2D eigenvalue weighted by atomic mass is 35.5. The van der Waals surface area contributed by atoms with Crippen molar-refractivity contribution in [2.24, 2.45) is 5.92 Å². The van der Waals surface area contributed by atoms with Gasteiger partial charge in [0.1, 0.15) is 0 Å². The Kier molecular flexibility index (Phi) is 6.44.